The lowest BCUT2D eigenvalue weighted by molar-refractivity contribution is 0.415. The topological polar surface area (TPSA) is 42.3 Å². The summed E-state index contributed by atoms with van der Waals surface area (Å²) in [7, 11) is 3.69. The molecule has 132 valence electrons. The Labute approximate surface area is 158 Å². The van der Waals surface area contributed by atoms with Gasteiger partial charge in [0.25, 0.3) is 0 Å². The van der Waals surface area contributed by atoms with E-state index in [2.05, 4.69) is 38.2 Å². The molecule has 0 amide bonds. The summed E-state index contributed by atoms with van der Waals surface area (Å²) in [6.45, 7) is 0. The largest absolute Gasteiger partial charge is 0.497 e. The highest BCUT2D eigenvalue weighted by Gasteiger charge is 2.40. The van der Waals surface area contributed by atoms with Crippen molar-refractivity contribution in [2.24, 2.45) is 7.05 Å². The Morgan fingerprint density at radius 2 is 1.92 bits per heavy atom. The van der Waals surface area contributed by atoms with Gasteiger partial charge in [0.15, 0.2) is 5.11 Å². The van der Waals surface area contributed by atoms with E-state index in [0.717, 1.165) is 17.1 Å². The number of methoxy groups -OCH3 is 1. The molecule has 1 saturated heterocycles. The van der Waals surface area contributed by atoms with Crippen LogP contribution in [0.15, 0.2) is 67.1 Å². The molecule has 0 spiro atoms. The highest BCUT2D eigenvalue weighted by Crippen LogP contribution is 2.41. The smallest absolute Gasteiger partial charge is 0.174 e. The maximum Gasteiger partial charge on any atom is 0.174 e. The molecule has 0 unspecified atom stereocenters. The lowest BCUT2D eigenvalue weighted by atomic mass is 9.98. The minimum absolute atomic E-state index is 0.0202. The Hall–Kier alpha value is -2.86. The number of benzene rings is 1. The van der Waals surface area contributed by atoms with Gasteiger partial charge >= 0.3 is 0 Å². The molecule has 0 aliphatic carbocycles. The van der Waals surface area contributed by atoms with Crippen molar-refractivity contribution in [3.8, 4) is 5.75 Å². The zero-order chi connectivity index (χ0) is 18.1. The maximum atomic E-state index is 5.69. The molecule has 1 aromatic carbocycles. The first-order valence-corrected chi connectivity index (χ1v) is 8.85. The molecule has 2 atom stereocenters. The number of nitrogens with one attached hydrogen (secondary N) is 1. The fourth-order valence-electron chi connectivity index (χ4n) is 3.41. The van der Waals surface area contributed by atoms with Crippen LogP contribution in [0.4, 0.5) is 5.69 Å². The van der Waals surface area contributed by atoms with Gasteiger partial charge in [-0.15, -0.1) is 0 Å². The third-order valence-electron chi connectivity index (χ3n) is 4.65. The van der Waals surface area contributed by atoms with Gasteiger partial charge in [0, 0.05) is 31.3 Å². The van der Waals surface area contributed by atoms with Gasteiger partial charge in [0.05, 0.1) is 24.9 Å². The molecule has 3 aromatic rings. The lowest BCUT2D eigenvalue weighted by Gasteiger charge is -2.27. The standard InChI is InChI=1S/C20H20N4OS/c1-23-12-10-14(13-23)19-18(17-5-3-4-11-21-17)22-20(26)24(19)15-6-8-16(25-2)9-7-15/h3-13,18-19H,1-2H3,(H,22,26)/t18-,19+/m0/s1. The summed E-state index contributed by atoms with van der Waals surface area (Å²) in [6.07, 6.45) is 6.00. The first kappa shape index (κ1) is 16.6. The highest BCUT2D eigenvalue weighted by atomic mass is 32.1. The fraction of sp³-hybridized carbons (Fsp3) is 0.200. The van der Waals surface area contributed by atoms with Crippen molar-refractivity contribution in [3.63, 3.8) is 0 Å². The molecule has 26 heavy (non-hydrogen) atoms. The number of hydrogen-bond acceptors (Lipinski definition) is 3. The van der Waals surface area contributed by atoms with Gasteiger partial charge in [0.1, 0.15) is 5.75 Å². The first-order valence-electron chi connectivity index (χ1n) is 8.44. The number of nitrogens with zero attached hydrogens (tertiary/aromatic N) is 3. The number of hydrogen-bond donors (Lipinski definition) is 1. The van der Waals surface area contributed by atoms with Crippen molar-refractivity contribution in [2.45, 2.75) is 12.1 Å². The molecule has 5 nitrogen and oxygen atoms in total. The van der Waals surface area contributed by atoms with E-state index in [1.165, 1.54) is 5.56 Å². The van der Waals surface area contributed by atoms with Gasteiger partial charge in [-0.05, 0) is 60.2 Å². The Morgan fingerprint density at radius 3 is 2.54 bits per heavy atom. The monoisotopic (exact) mass is 364 g/mol. The molecule has 1 aliphatic rings. The van der Waals surface area contributed by atoms with Crippen molar-refractivity contribution >= 4 is 23.0 Å². The summed E-state index contributed by atoms with van der Waals surface area (Å²) in [5.74, 6) is 0.823. The molecule has 4 rings (SSSR count). The minimum atomic E-state index is -0.0202. The summed E-state index contributed by atoms with van der Waals surface area (Å²) >= 11 is 5.69. The summed E-state index contributed by atoms with van der Waals surface area (Å²) in [5.41, 5.74) is 3.18. The van der Waals surface area contributed by atoms with E-state index in [9.17, 15) is 0 Å². The second kappa shape index (κ2) is 6.80. The molecule has 2 aromatic heterocycles. The second-order valence-corrected chi connectivity index (χ2v) is 6.69. The fourth-order valence-corrected chi connectivity index (χ4v) is 3.76. The highest BCUT2D eigenvalue weighted by molar-refractivity contribution is 7.80. The van der Waals surface area contributed by atoms with Crippen LogP contribution in [0.25, 0.3) is 0 Å². The average molecular weight is 364 g/mol. The van der Waals surface area contributed by atoms with Gasteiger partial charge in [0.2, 0.25) is 0 Å². The van der Waals surface area contributed by atoms with Crippen LogP contribution >= 0.6 is 12.2 Å². The van der Waals surface area contributed by atoms with E-state index in [1.54, 1.807) is 7.11 Å². The number of rotatable bonds is 4. The third kappa shape index (κ3) is 2.93. The zero-order valence-corrected chi connectivity index (χ0v) is 15.5. The number of anilines is 1. The summed E-state index contributed by atoms with van der Waals surface area (Å²) in [4.78, 5) is 6.71. The van der Waals surface area contributed by atoms with E-state index in [-0.39, 0.29) is 12.1 Å². The van der Waals surface area contributed by atoms with Crippen LogP contribution in [-0.4, -0.2) is 21.8 Å². The van der Waals surface area contributed by atoms with Crippen LogP contribution in [0.2, 0.25) is 0 Å². The SMILES string of the molecule is COc1ccc(N2C(=S)N[C@@H](c3ccccn3)[C@H]2c2ccn(C)c2)cc1. The second-order valence-electron chi connectivity index (χ2n) is 6.30. The number of ether oxygens (including phenoxy) is 1. The van der Waals surface area contributed by atoms with Gasteiger partial charge < -0.3 is 19.5 Å². The summed E-state index contributed by atoms with van der Waals surface area (Å²) in [6, 6.07) is 16.1. The molecule has 0 bridgehead atoms. The van der Waals surface area contributed by atoms with Crippen molar-refractivity contribution < 1.29 is 4.74 Å². The van der Waals surface area contributed by atoms with Gasteiger partial charge in [-0.3, -0.25) is 4.98 Å². The number of aromatic nitrogens is 2. The van der Waals surface area contributed by atoms with Crippen LogP contribution in [0.1, 0.15) is 23.3 Å². The molecule has 6 heteroatoms. The van der Waals surface area contributed by atoms with E-state index in [4.69, 9.17) is 17.0 Å². The van der Waals surface area contributed by atoms with Crippen LogP contribution in [-0.2, 0) is 7.05 Å². The molecule has 0 saturated carbocycles. The Morgan fingerprint density at radius 1 is 1.12 bits per heavy atom. The zero-order valence-electron chi connectivity index (χ0n) is 14.7. The lowest BCUT2D eigenvalue weighted by Crippen LogP contribution is -2.29. The number of aryl methyl sites for hydroxylation is 1. The van der Waals surface area contributed by atoms with Crippen LogP contribution in [0.3, 0.4) is 0 Å². The van der Waals surface area contributed by atoms with Crippen LogP contribution in [0.5, 0.6) is 5.75 Å². The molecule has 1 aliphatic heterocycles. The van der Waals surface area contributed by atoms with Crippen LogP contribution < -0.4 is 15.0 Å². The Balaban J connectivity index is 1.79. The van der Waals surface area contributed by atoms with E-state index >= 15 is 0 Å². The average Bonchev–Trinajstić information content (AvgIpc) is 3.25. The maximum absolute atomic E-state index is 5.69. The third-order valence-corrected chi connectivity index (χ3v) is 4.96. The predicted octanol–water partition coefficient (Wildman–Crippen LogP) is 3.61. The van der Waals surface area contributed by atoms with Crippen molar-refractivity contribution in [3.05, 3.63) is 78.4 Å². The normalized spacial score (nSPS) is 19.5. The summed E-state index contributed by atoms with van der Waals surface area (Å²) < 4.78 is 7.34. The molecule has 1 N–H and O–H groups in total. The van der Waals surface area contributed by atoms with E-state index in [0.29, 0.717) is 5.11 Å². The molecule has 3 heterocycles. The molecular weight excluding hydrogens is 344 g/mol. The van der Waals surface area contributed by atoms with E-state index in [1.807, 2.05) is 55.7 Å². The molecule has 1 fully saturated rings. The minimum Gasteiger partial charge on any atom is -0.497 e. The Kier molecular flexibility index (Phi) is 4.34. The quantitative estimate of drug-likeness (QED) is 0.717. The summed E-state index contributed by atoms with van der Waals surface area (Å²) in [5, 5.41) is 4.15. The number of thiocarbonyl (C=S) groups is 1. The van der Waals surface area contributed by atoms with Crippen molar-refractivity contribution in [1.29, 1.82) is 0 Å². The van der Waals surface area contributed by atoms with E-state index < -0.39 is 0 Å². The van der Waals surface area contributed by atoms with Gasteiger partial charge in [-0.2, -0.15) is 0 Å². The predicted molar refractivity (Wildman–Crippen MR) is 106 cm³/mol. The number of pyridine rings is 1. The van der Waals surface area contributed by atoms with Crippen LogP contribution in [0, 0.1) is 0 Å². The first-order chi connectivity index (χ1) is 12.7. The molecule has 0 radical (unpaired) electrons. The van der Waals surface area contributed by atoms with Crippen molar-refractivity contribution in [2.75, 3.05) is 12.0 Å². The van der Waals surface area contributed by atoms with Crippen molar-refractivity contribution in [1.82, 2.24) is 14.9 Å². The molecular formula is C20H20N4OS. The van der Waals surface area contributed by atoms with Gasteiger partial charge in [-0.25, -0.2) is 0 Å². The Bertz CT molecular complexity index is 907. The van der Waals surface area contributed by atoms with Gasteiger partial charge in [-0.1, -0.05) is 6.07 Å².